The number of carbonyl (C=O) groups excluding carboxylic acids is 1. The first-order valence-corrected chi connectivity index (χ1v) is 10.2. The van der Waals surface area contributed by atoms with Crippen LogP contribution in [0.4, 0.5) is 5.69 Å². The summed E-state index contributed by atoms with van der Waals surface area (Å²) in [5.41, 5.74) is 3.08. The van der Waals surface area contributed by atoms with Crippen molar-refractivity contribution in [3.8, 4) is 5.75 Å². The first kappa shape index (κ1) is 21.7. The number of anilines is 1. The molecule has 152 valence electrons. The summed E-state index contributed by atoms with van der Waals surface area (Å²) in [6.07, 6.45) is 0. The number of methoxy groups -OCH3 is 1. The molecule has 0 unspecified atom stereocenters. The van der Waals surface area contributed by atoms with Gasteiger partial charge < -0.3 is 10.1 Å². The Kier molecular flexibility index (Phi) is 7.04. The van der Waals surface area contributed by atoms with E-state index in [-0.39, 0.29) is 12.5 Å². The Morgan fingerprint density at radius 2 is 1.71 bits per heavy atom. The first-order chi connectivity index (χ1) is 13.1. The lowest BCUT2D eigenvalue weighted by atomic mass is 10.1. The summed E-state index contributed by atoms with van der Waals surface area (Å²) in [7, 11) is 0.652. The third-order valence-corrected chi connectivity index (χ3v) is 6.11. The van der Waals surface area contributed by atoms with Crippen molar-refractivity contribution >= 4 is 21.8 Å². The largest absolute Gasteiger partial charge is 0.497 e. The van der Waals surface area contributed by atoms with E-state index in [0.29, 0.717) is 12.2 Å². The molecule has 0 aromatic heterocycles. The van der Waals surface area contributed by atoms with Crippen LogP contribution in [0.15, 0.2) is 42.5 Å². The van der Waals surface area contributed by atoms with E-state index in [9.17, 15) is 13.2 Å². The summed E-state index contributed by atoms with van der Waals surface area (Å²) in [6.45, 7) is 3.70. The molecule has 1 amide bonds. The van der Waals surface area contributed by atoms with Crippen LogP contribution in [0.5, 0.6) is 5.75 Å². The molecule has 0 bridgehead atoms. The quantitative estimate of drug-likeness (QED) is 0.731. The molecule has 0 aliphatic rings. The van der Waals surface area contributed by atoms with E-state index in [2.05, 4.69) is 5.32 Å². The highest BCUT2D eigenvalue weighted by atomic mass is 32.2. The van der Waals surface area contributed by atoms with Crippen LogP contribution in [-0.2, 0) is 21.5 Å². The maximum absolute atomic E-state index is 12.8. The molecule has 28 heavy (non-hydrogen) atoms. The van der Waals surface area contributed by atoms with Gasteiger partial charge in [0.1, 0.15) is 12.3 Å². The number of nitrogens with one attached hydrogen (secondary N) is 1. The van der Waals surface area contributed by atoms with Gasteiger partial charge in [-0.05, 0) is 48.7 Å². The Bertz CT molecular complexity index is 925. The second-order valence-electron chi connectivity index (χ2n) is 6.71. The summed E-state index contributed by atoms with van der Waals surface area (Å²) in [5, 5.41) is 2.78. The Morgan fingerprint density at radius 1 is 1.07 bits per heavy atom. The van der Waals surface area contributed by atoms with Crippen LogP contribution in [0.1, 0.15) is 16.7 Å². The van der Waals surface area contributed by atoms with Crippen LogP contribution < -0.4 is 14.4 Å². The zero-order valence-corrected chi connectivity index (χ0v) is 17.7. The second kappa shape index (κ2) is 9.07. The smallest absolute Gasteiger partial charge is 0.304 e. The summed E-state index contributed by atoms with van der Waals surface area (Å²) < 4.78 is 33.0. The molecule has 8 heteroatoms. The molecule has 0 heterocycles. The molecule has 0 aliphatic heterocycles. The van der Waals surface area contributed by atoms with Crippen LogP contribution in [0.3, 0.4) is 0 Å². The Hall–Kier alpha value is -2.58. The number of rotatable bonds is 8. The van der Waals surface area contributed by atoms with Crippen LogP contribution >= 0.6 is 0 Å². The van der Waals surface area contributed by atoms with Gasteiger partial charge in [0.05, 0.1) is 12.8 Å². The van der Waals surface area contributed by atoms with Crippen LogP contribution in [0.25, 0.3) is 0 Å². The lowest BCUT2D eigenvalue weighted by Crippen LogP contribution is -2.46. The molecule has 0 atom stereocenters. The molecule has 0 fully saturated rings. The highest BCUT2D eigenvalue weighted by Crippen LogP contribution is 2.25. The van der Waals surface area contributed by atoms with Gasteiger partial charge in [0, 0.05) is 20.6 Å². The van der Waals surface area contributed by atoms with Gasteiger partial charge in [-0.25, -0.2) is 4.31 Å². The van der Waals surface area contributed by atoms with E-state index in [4.69, 9.17) is 4.74 Å². The standard InChI is InChI=1S/C20H27N3O4S/c1-15-6-7-16(2)19(12-15)23(28(25,26)22(3)4)14-20(24)21-13-17-8-10-18(27-5)11-9-17/h6-12H,13-14H2,1-5H3,(H,21,24). The van der Waals surface area contributed by atoms with Gasteiger partial charge in [-0.1, -0.05) is 24.3 Å². The normalized spacial score (nSPS) is 11.4. The van der Waals surface area contributed by atoms with Crippen molar-refractivity contribution in [2.45, 2.75) is 20.4 Å². The molecule has 7 nitrogen and oxygen atoms in total. The van der Waals surface area contributed by atoms with E-state index >= 15 is 0 Å². The monoisotopic (exact) mass is 405 g/mol. The number of hydrogen-bond donors (Lipinski definition) is 1. The van der Waals surface area contributed by atoms with E-state index in [1.165, 1.54) is 14.1 Å². The number of amides is 1. The van der Waals surface area contributed by atoms with Crippen molar-refractivity contribution in [1.82, 2.24) is 9.62 Å². The molecule has 2 rings (SSSR count). The van der Waals surface area contributed by atoms with E-state index < -0.39 is 10.2 Å². The number of aryl methyl sites for hydroxylation is 2. The third kappa shape index (κ3) is 5.24. The molecule has 0 aliphatic carbocycles. The summed E-state index contributed by atoms with van der Waals surface area (Å²) in [5.74, 6) is 0.343. The van der Waals surface area contributed by atoms with Gasteiger partial charge in [0.15, 0.2) is 0 Å². The van der Waals surface area contributed by atoms with Crippen molar-refractivity contribution < 1.29 is 17.9 Å². The van der Waals surface area contributed by atoms with Crippen molar-refractivity contribution in [1.29, 1.82) is 0 Å². The first-order valence-electron chi connectivity index (χ1n) is 8.82. The topological polar surface area (TPSA) is 79.0 Å². The number of ether oxygens (including phenoxy) is 1. The van der Waals surface area contributed by atoms with Crippen molar-refractivity contribution in [2.24, 2.45) is 0 Å². The highest BCUT2D eigenvalue weighted by Gasteiger charge is 2.28. The fraction of sp³-hybridized carbons (Fsp3) is 0.350. The zero-order chi connectivity index (χ0) is 20.9. The van der Waals surface area contributed by atoms with E-state index in [1.807, 2.05) is 38.1 Å². The molecule has 2 aromatic rings. The van der Waals surface area contributed by atoms with Gasteiger partial charge in [0.2, 0.25) is 5.91 Å². The molecular weight excluding hydrogens is 378 g/mol. The average molecular weight is 406 g/mol. The summed E-state index contributed by atoms with van der Waals surface area (Å²) in [6, 6.07) is 12.8. The molecule has 0 spiro atoms. The predicted octanol–water partition coefficient (Wildman–Crippen LogP) is 2.24. The lowest BCUT2D eigenvalue weighted by molar-refractivity contribution is -0.119. The van der Waals surface area contributed by atoms with Crippen LogP contribution in [0.2, 0.25) is 0 Å². The molecule has 1 N–H and O–H groups in total. The van der Waals surface area contributed by atoms with Crippen molar-refractivity contribution in [2.75, 3.05) is 32.1 Å². The summed E-state index contributed by atoms with van der Waals surface area (Å²) >= 11 is 0. The molecule has 2 aromatic carbocycles. The van der Waals surface area contributed by atoms with Crippen LogP contribution in [-0.4, -0.2) is 46.4 Å². The Morgan fingerprint density at radius 3 is 2.29 bits per heavy atom. The van der Waals surface area contributed by atoms with Gasteiger partial charge in [-0.15, -0.1) is 0 Å². The van der Waals surface area contributed by atoms with Gasteiger partial charge in [-0.2, -0.15) is 12.7 Å². The number of nitrogens with zero attached hydrogens (tertiary/aromatic N) is 2. The SMILES string of the molecule is COc1ccc(CNC(=O)CN(c2cc(C)ccc2C)S(=O)(=O)N(C)C)cc1. The van der Waals surface area contributed by atoms with Gasteiger partial charge in [0.25, 0.3) is 0 Å². The van der Waals surface area contributed by atoms with Crippen LogP contribution in [0, 0.1) is 13.8 Å². The van der Waals surface area contributed by atoms with Crippen molar-refractivity contribution in [3.05, 3.63) is 59.2 Å². The minimum Gasteiger partial charge on any atom is -0.497 e. The predicted molar refractivity (Wildman–Crippen MR) is 111 cm³/mol. The number of carbonyl (C=O) groups is 1. The van der Waals surface area contributed by atoms with E-state index in [0.717, 1.165) is 31.1 Å². The minimum absolute atomic E-state index is 0.297. The Balaban J connectivity index is 2.19. The van der Waals surface area contributed by atoms with Gasteiger partial charge >= 0.3 is 10.2 Å². The molecular formula is C20H27N3O4S. The summed E-state index contributed by atoms with van der Waals surface area (Å²) in [4.78, 5) is 12.5. The highest BCUT2D eigenvalue weighted by molar-refractivity contribution is 7.90. The maximum Gasteiger partial charge on any atom is 0.304 e. The lowest BCUT2D eigenvalue weighted by Gasteiger charge is -2.28. The van der Waals surface area contributed by atoms with Crippen molar-refractivity contribution in [3.63, 3.8) is 0 Å². The minimum atomic E-state index is -3.83. The third-order valence-electron chi connectivity index (χ3n) is 4.31. The van der Waals surface area contributed by atoms with E-state index in [1.54, 1.807) is 25.3 Å². The number of benzene rings is 2. The molecule has 0 saturated carbocycles. The zero-order valence-electron chi connectivity index (χ0n) is 16.9. The average Bonchev–Trinajstić information content (AvgIpc) is 2.66. The molecule has 0 radical (unpaired) electrons. The maximum atomic E-state index is 12.8. The fourth-order valence-electron chi connectivity index (χ4n) is 2.61. The second-order valence-corrected chi connectivity index (χ2v) is 8.78. The number of hydrogen-bond acceptors (Lipinski definition) is 4. The Labute approximate surface area is 167 Å². The van der Waals surface area contributed by atoms with Gasteiger partial charge in [-0.3, -0.25) is 4.79 Å². The molecule has 0 saturated heterocycles. The fourth-order valence-corrected chi connectivity index (χ4v) is 3.73.